The number of hydrogen-bond donors (Lipinski definition) is 1. The summed E-state index contributed by atoms with van der Waals surface area (Å²) < 4.78 is 69.4. The van der Waals surface area contributed by atoms with E-state index >= 15 is 0 Å². The van der Waals surface area contributed by atoms with Crippen molar-refractivity contribution in [2.24, 2.45) is 0 Å². The van der Waals surface area contributed by atoms with Crippen molar-refractivity contribution in [3.8, 4) is 0 Å². The van der Waals surface area contributed by atoms with Crippen LogP contribution in [0.25, 0.3) is 0 Å². The van der Waals surface area contributed by atoms with Gasteiger partial charge in [0.05, 0.1) is 6.61 Å². The van der Waals surface area contributed by atoms with Gasteiger partial charge in [0.25, 0.3) is 0 Å². The summed E-state index contributed by atoms with van der Waals surface area (Å²) in [5.74, 6) is -4.62. The maximum absolute atomic E-state index is 13.8. The highest BCUT2D eigenvalue weighted by Gasteiger charge is 2.59. The molecule has 3 fully saturated rings. The summed E-state index contributed by atoms with van der Waals surface area (Å²) in [6.45, 7) is 25.7. The Morgan fingerprint density at radius 3 is 1.55 bits per heavy atom. The third-order valence-corrected chi connectivity index (χ3v) is 17.4. The Kier molecular flexibility index (Phi) is 24.7. The van der Waals surface area contributed by atoms with Crippen molar-refractivity contribution in [3.05, 3.63) is 0 Å². The van der Waals surface area contributed by atoms with Crippen molar-refractivity contribution in [2.75, 3.05) is 13.2 Å². The lowest BCUT2D eigenvalue weighted by molar-refractivity contribution is -0.347. The maximum Gasteiger partial charge on any atom is 0.306 e. The topological polar surface area (TPSA) is 190 Å². The molecule has 0 radical (unpaired) electrons. The van der Waals surface area contributed by atoms with Crippen molar-refractivity contribution in [1.29, 1.82) is 0 Å². The van der Waals surface area contributed by atoms with Crippen molar-refractivity contribution in [1.82, 2.24) is 0 Å². The van der Waals surface area contributed by atoms with E-state index in [1.165, 1.54) is 0 Å². The molecule has 0 aromatic heterocycles. The van der Waals surface area contributed by atoms with E-state index in [2.05, 4.69) is 40.8 Å². The normalized spacial score (nSPS) is 27.6. The molecule has 16 nitrogen and oxygen atoms in total. The van der Waals surface area contributed by atoms with Gasteiger partial charge in [-0.05, 0) is 71.5 Å². The molecule has 390 valence electrons. The zero-order valence-corrected chi connectivity index (χ0v) is 44.5. The molecule has 0 aliphatic carbocycles. The Balaban J connectivity index is 2.09. The third kappa shape index (κ3) is 19.5. The highest BCUT2D eigenvalue weighted by atomic mass is 28.4. The minimum absolute atomic E-state index is 0.0375. The van der Waals surface area contributed by atoms with Gasteiger partial charge in [-0.25, -0.2) is 0 Å². The van der Waals surface area contributed by atoms with Gasteiger partial charge in [-0.3, -0.25) is 19.2 Å². The fourth-order valence-corrected chi connectivity index (χ4v) is 9.13. The molecule has 3 saturated heterocycles. The molecule has 1 unspecified atom stereocenters. The lowest BCUT2D eigenvalue weighted by atomic mass is 9.97. The minimum Gasteiger partial charge on any atom is -0.463 e. The summed E-state index contributed by atoms with van der Waals surface area (Å²) in [6.07, 6.45) is -1.54. The third-order valence-electron chi connectivity index (χ3n) is 12.9. The summed E-state index contributed by atoms with van der Waals surface area (Å²) in [6, 6.07) is 0. The van der Waals surface area contributed by atoms with Crippen LogP contribution in [0.15, 0.2) is 0 Å². The van der Waals surface area contributed by atoms with Crippen LogP contribution in [0.5, 0.6) is 0 Å². The SMILES string of the molecule is CCCCCCCC(=O)O[C@@H]1[C@@H](OC(O)[C@H]2OC(C)(C)O[C@H]2[C@@H]2OC(C)(C)O[C@@H]2CO[Si](C)(C)C(C)(C)C)O[C@H](COC(=O)CCCCC)[C@@H](OC(=O)CCCCC)[C@@H]1OC(=O)CCCCC. The number of aliphatic hydroxyl groups excluding tert-OH is 1. The van der Waals surface area contributed by atoms with E-state index in [9.17, 15) is 24.3 Å². The van der Waals surface area contributed by atoms with Crippen LogP contribution in [0, 0.1) is 0 Å². The zero-order valence-electron chi connectivity index (χ0n) is 43.5. The average molecular weight is 975 g/mol. The minimum atomic E-state index is -2.24. The molecule has 0 aromatic rings. The molecule has 0 saturated carbocycles. The number of aliphatic hydroxyl groups is 1. The van der Waals surface area contributed by atoms with E-state index in [1.54, 1.807) is 27.7 Å². The van der Waals surface area contributed by atoms with E-state index in [1.807, 2.05) is 20.8 Å². The molecule has 3 aliphatic heterocycles. The monoisotopic (exact) mass is 975 g/mol. The van der Waals surface area contributed by atoms with Crippen LogP contribution < -0.4 is 0 Å². The largest absolute Gasteiger partial charge is 0.463 e. The molecule has 3 aliphatic rings. The number of hydrogen-bond acceptors (Lipinski definition) is 16. The summed E-state index contributed by atoms with van der Waals surface area (Å²) in [4.78, 5) is 54.1. The summed E-state index contributed by atoms with van der Waals surface area (Å²) in [5, 5.41) is 12.2. The highest BCUT2D eigenvalue weighted by Crippen LogP contribution is 2.42. The molecule has 0 bridgehead atoms. The first kappa shape index (κ1) is 59.1. The van der Waals surface area contributed by atoms with Gasteiger partial charge in [0.2, 0.25) is 6.29 Å². The Morgan fingerprint density at radius 2 is 1.01 bits per heavy atom. The lowest BCUT2D eigenvalue weighted by Gasteiger charge is -2.45. The second-order valence-corrected chi connectivity index (χ2v) is 25.7. The fourth-order valence-electron chi connectivity index (χ4n) is 8.12. The molecule has 3 heterocycles. The van der Waals surface area contributed by atoms with Crippen LogP contribution in [0.1, 0.15) is 192 Å². The van der Waals surface area contributed by atoms with Gasteiger partial charge < -0.3 is 56.9 Å². The van der Waals surface area contributed by atoms with Crippen molar-refractivity contribution in [3.63, 3.8) is 0 Å². The van der Waals surface area contributed by atoms with E-state index < -0.39 is 112 Å². The van der Waals surface area contributed by atoms with E-state index in [-0.39, 0.29) is 37.3 Å². The fraction of sp³-hybridized carbons (Fsp3) is 0.920. The van der Waals surface area contributed by atoms with Crippen molar-refractivity contribution in [2.45, 2.75) is 283 Å². The zero-order chi connectivity index (χ0) is 50.0. The van der Waals surface area contributed by atoms with Gasteiger partial charge in [-0.2, -0.15) is 0 Å². The van der Waals surface area contributed by atoms with Crippen LogP contribution >= 0.6 is 0 Å². The molecule has 17 heteroatoms. The van der Waals surface area contributed by atoms with Crippen LogP contribution in [0.2, 0.25) is 18.1 Å². The average Bonchev–Trinajstić information content (AvgIpc) is 3.74. The van der Waals surface area contributed by atoms with E-state index in [0.29, 0.717) is 25.7 Å². The van der Waals surface area contributed by atoms with Crippen LogP contribution in [0.4, 0.5) is 0 Å². The molecule has 67 heavy (non-hydrogen) atoms. The quantitative estimate of drug-likeness (QED) is 0.0235. The molecular weight excluding hydrogens is 885 g/mol. The number of carbonyl (C=O) groups is 4. The van der Waals surface area contributed by atoms with E-state index in [0.717, 1.165) is 64.2 Å². The van der Waals surface area contributed by atoms with Gasteiger partial charge in [0.1, 0.15) is 37.1 Å². The molecule has 1 N–H and O–H groups in total. The Morgan fingerprint density at radius 1 is 0.567 bits per heavy atom. The summed E-state index contributed by atoms with van der Waals surface area (Å²) in [7, 11) is -2.24. The molecule has 0 amide bonds. The molecule has 3 rings (SSSR count). The number of rotatable bonds is 30. The maximum atomic E-state index is 13.8. The number of carbonyl (C=O) groups excluding carboxylic acids is 4. The van der Waals surface area contributed by atoms with Gasteiger partial charge in [0, 0.05) is 25.7 Å². The van der Waals surface area contributed by atoms with Crippen molar-refractivity contribution < 1.29 is 76.1 Å². The second-order valence-electron chi connectivity index (χ2n) is 20.9. The Hall–Kier alpha value is -2.22. The van der Waals surface area contributed by atoms with Gasteiger partial charge >= 0.3 is 23.9 Å². The molecular formula is C50H90O16Si. The van der Waals surface area contributed by atoms with Crippen LogP contribution in [-0.4, -0.2) is 124 Å². The summed E-state index contributed by atoms with van der Waals surface area (Å²) in [5.41, 5.74) is 0. The first-order chi connectivity index (χ1) is 31.5. The first-order valence-electron chi connectivity index (χ1n) is 25.6. The van der Waals surface area contributed by atoms with Crippen LogP contribution in [-0.2, 0) is 71.0 Å². The van der Waals surface area contributed by atoms with Gasteiger partial charge in [-0.1, -0.05) is 113 Å². The predicted octanol–water partition coefficient (Wildman–Crippen LogP) is 9.49. The molecule has 0 spiro atoms. The predicted molar refractivity (Wildman–Crippen MR) is 253 cm³/mol. The molecule has 10 atom stereocenters. The highest BCUT2D eigenvalue weighted by molar-refractivity contribution is 6.74. The Labute approximate surface area is 403 Å². The number of unbranched alkanes of at least 4 members (excludes halogenated alkanes) is 10. The van der Waals surface area contributed by atoms with E-state index in [4.69, 9.17) is 51.8 Å². The van der Waals surface area contributed by atoms with Gasteiger partial charge in [-0.15, -0.1) is 0 Å². The summed E-state index contributed by atoms with van der Waals surface area (Å²) >= 11 is 0. The number of esters is 4. The smallest absolute Gasteiger partial charge is 0.306 e. The standard InChI is InChI=1S/C50H90O16Si/c1-14-18-22-23-27-31-39(54)61-45-42(60-38(53)30-26-21-17-4)40(59-37(52)29-25-20-16-3)34(32-56-36(51)28-24-19-15-2)58-47(45)62-46(55)44-43(65-50(10,11)66-44)41-35(63-49(8,9)64-41)33-57-67(12,13)48(5,6)7/h34-35,40-47,55H,14-33H2,1-13H3/t34-,35-,40-,41-,42+,43+,44+,45+,46?,47-/m1/s1. The lowest BCUT2D eigenvalue weighted by Crippen LogP contribution is -2.64. The van der Waals surface area contributed by atoms with Crippen LogP contribution in [0.3, 0.4) is 0 Å². The molecule has 0 aromatic carbocycles. The second kappa shape index (κ2) is 28.0. The van der Waals surface area contributed by atoms with Gasteiger partial charge in [0.15, 0.2) is 44.5 Å². The Bertz CT molecular complexity index is 1500. The van der Waals surface area contributed by atoms with Crippen molar-refractivity contribution >= 4 is 32.2 Å². The number of ether oxygens (including phenoxy) is 10. The first-order valence-corrected chi connectivity index (χ1v) is 28.5.